The van der Waals surface area contributed by atoms with E-state index in [1.54, 1.807) is 13.1 Å². The molecule has 0 fully saturated rings. The summed E-state index contributed by atoms with van der Waals surface area (Å²) in [6.07, 6.45) is 0. The van der Waals surface area contributed by atoms with Gasteiger partial charge in [-0.3, -0.25) is 4.79 Å². The molecule has 1 rings (SSSR count). The number of benzene rings is 1. The summed E-state index contributed by atoms with van der Waals surface area (Å²) in [4.78, 5) is 11.1. The zero-order valence-corrected chi connectivity index (χ0v) is 7.77. The first kappa shape index (κ1) is 9.13. The van der Waals surface area contributed by atoms with Gasteiger partial charge in [0.15, 0.2) is 0 Å². The molecule has 0 atom stereocenters. The number of nitrogens with one attached hydrogen (secondary N) is 1. The Bertz CT molecular complexity index is 286. The van der Waals surface area contributed by atoms with E-state index in [2.05, 4.69) is 17.9 Å². The van der Waals surface area contributed by atoms with Crippen LogP contribution >= 0.6 is 12.6 Å². The summed E-state index contributed by atoms with van der Waals surface area (Å²) in [5.41, 5.74) is 1.74. The molecule has 0 unspecified atom stereocenters. The molecule has 0 radical (unpaired) electrons. The molecule has 0 aliphatic rings. The fourth-order valence-electron chi connectivity index (χ4n) is 0.955. The van der Waals surface area contributed by atoms with Crippen LogP contribution in [0.5, 0.6) is 0 Å². The van der Waals surface area contributed by atoms with E-state index in [4.69, 9.17) is 0 Å². The maximum absolute atomic E-state index is 11.1. The predicted octanol–water partition coefficient (Wildman–Crippen LogP) is 1.48. The Balaban J connectivity index is 2.93. The minimum Gasteiger partial charge on any atom is -0.355 e. The second-order valence-electron chi connectivity index (χ2n) is 2.44. The van der Waals surface area contributed by atoms with Crippen molar-refractivity contribution < 1.29 is 4.79 Å². The molecule has 0 aliphatic heterocycles. The molecule has 1 aromatic carbocycles. The zero-order valence-electron chi connectivity index (χ0n) is 6.87. The molecule has 0 aromatic heterocycles. The van der Waals surface area contributed by atoms with Gasteiger partial charge in [0.1, 0.15) is 0 Å². The Morgan fingerprint density at radius 1 is 1.58 bits per heavy atom. The highest BCUT2D eigenvalue weighted by atomic mass is 32.1. The molecule has 0 saturated heterocycles. The summed E-state index contributed by atoms with van der Waals surface area (Å²) in [6.45, 7) is 0. The van der Waals surface area contributed by atoms with Crippen molar-refractivity contribution in [3.63, 3.8) is 0 Å². The highest BCUT2D eigenvalue weighted by molar-refractivity contribution is 7.79. The van der Waals surface area contributed by atoms with Gasteiger partial charge in [-0.1, -0.05) is 12.1 Å². The van der Waals surface area contributed by atoms with E-state index in [-0.39, 0.29) is 5.91 Å². The van der Waals surface area contributed by atoms with Crippen LogP contribution in [0.1, 0.15) is 15.9 Å². The van der Waals surface area contributed by atoms with Crippen molar-refractivity contribution in [2.24, 2.45) is 0 Å². The van der Waals surface area contributed by atoms with E-state index in [0.717, 1.165) is 5.56 Å². The zero-order chi connectivity index (χ0) is 8.97. The first-order chi connectivity index (χ1) is 5.77. The molecule has 0 saturated carbocycles. The lowest BCUT2D eigenvalue weighted by atomic mass is 10.1. The van der Waals surface area contributed by atoms with Gasteiger partial charge in [-0.05, 0) is 17.7 Å². The largest absolute Gasteiger partial charge is 0.355 e. The second-order valence-corrected chi connectivity index (χ2v) is 2.75. The quantitative estimate of drug-likeness (QED) is 0.665. The van der Waals surface area contributed by atoms with Gasteiger partial charge in [0.2, 0.25) is 0 Å². The highest BCUT2D eigenvalue weighted by Crippen LogP contribution is 2.06. The smallest absolute Gasteiger partial charge is 0.251 e. The van der Waals surface area contributed by atoms with Crippen LogP contribution in [0.25, 0.3) is 0 Å². The maximum Gasteiger partial charge on any atom is 0.251 e. The number of thiol groups is 1. The standard InChI is InChI=1S/C9H11NOS/c1-10-9(11)8-4-2-3-7(5-8)6-12/h2-5,12H,6H2,1H3,(H,10,11). The van der Waals surface area contributed by atoms with Crippen LogP contribution in [-0.2, 0) is 5.75 Å². The van der Waals surface area contributed by atoms with Crippen molar-refractivity contribution in [2.45, 2.75) is 5.75 Å². The van der Waals surface area contributed by atoms with E-state index < -0.39 is 0 Å². The maximum atomic E-state index is 11.1. The molecular formula is C9H11NOS. The van der Waals surface area contributed by atoms with Crippen molar-refractivity contribution in [1.82, 2.24) is 5.32 Å². The Hall–Kier alpha value is -0.960. The summed E-state index contributed by atoms with van der Waals surface area (Å²) >= 11 is 4.12. The van der Waals surface area contributed by atoms with Gasteiger partial charge in [-0.25, -0.2) is 0 Å². The minimum atomic E-state index is -0.0568. The SMILES string of the molecule is CNC(=O)c1cccc(CS)c1. The first-order valence-electron chi connectivity index (χ1n) is 3.70. The van der Waals surface area contributed by atoms with Crippen molar-refractivity contribution in [1.29, 1.82) is 0 Å². The number of carbonyl (C=O) groups is 1. The Morgan fingerprint density at radius 2 is 2.33 bits per heavy atom. The summed E-state index contributed by atoms with van der Waals surface area (Å²) in [5, 5.41) is 2.57. The van der Waals surface area contributed by atoms with Gasteiger partial charge in [-0.2, -0.15) is 12.6 Å². The number of carbonyl (C=O) groups excluding carboxylic acids is 1. The van der Waals surface area contributed by atoms with Gasteiger partial charge < -0.3 is 5.32 Å². The van der Waals surface area contributed by atoms with E-state index in [0.29, 0.717) is 11.3 Å². The van der Waals surface area contributed by atoms with Gasteiger partial charge in [0.05, 0.1) is 0 Å². The van der Waals surface area contributed by atoms with Crippen LogP contribution in [0.3, 0.4) is 0 Å². The lowest BCUT2D eigenvalue weighted by Crippen LogP contribution is -2.17. The average molecular weight is 181 g/mol. The third-order valence-electron chi connectivity index (χ3n) is 1.60. The summed E-state index contributed by atoms with van der Waals surface area (Å²) in [7, 11) is 1.62. The fraction of sp³-hybridized carbons (Fsp3) is 0.222. The second kappa shape index (κ2) is 4.16. The van der Waals surface area contributed by atoms with Gasteiger partial charge >= 0.3 is 0 Å². The Kier molecular flexibility index (Phi) is 3.17. The van der Waals surface area contributed by atoms with Crippen LogP contribution in [-0.4, -0.2) is 13.0 Å². The molecule has 64 valence electrons. The van der Waals surface area contributed by atoms with Crippen LogP contribution in [0, 0.1) is 0 Å². The lowest BCUT2D eigenvalue weighted by Gasteiger charge is -2.00. The fourth-order valence-corrected chi connectivity index (χ4v) is 1.15. The number of hydrogen-bond acceptors (Lipinski definition) is 2. The monoisotopic (exact) mass is 181 g/mol. The third-order valence-corrected chi connectivity index (χ3v) is 1.96. The van der Waals surface area contributed by atoms with E-state index >= 15 is 0 Å². The van der Waals surface area contributed by atoms with Gasteiger partial charge in [0, 0.05) is 18.4 Å². The first-order valence-corrected chi connectivity index (χ1v) is 4.33. The average Bonchev–Trinajstić information content (AvgIpc) is 2.17. The molecular weight excluding hydrogens is 170 g/mol. The molecule has 1 N–H and O–H groups in total. The topological polar surface area (TPSA) is 29.1 Å². The summed E-state index contributed by atoms with van der Waals surface area (Å²) in [6, 6.07) is 7.42. The number of amides is 1. The molecule has 0 heterocycles. The molecule has 3 heteroatoms. The van der Waals surface area contributed by atoms with Crippen LogP contribution < -0.4 is 5.32 Å². The Labute approximate surface area is 77.4 Å². The predicted molar refractivity (Wildman–Crippen MR) is 52.5 cm³/mol. The molecule has 12 heavy (non-hydrogen) atoms. The van der Waals surface area contributed by atoms with Crippen LogP contribution in [0.4, 0.5) is 0 Å². The summed E-state index contributed by atoms with van der Waals surface area (Å²) < 4.78 is 0. The van der Waals surface area contributed by atoms with Gasteiger partial charge in [0.25, 0.3) is 5.91 Å². The molecule has 0 aliphatic carbocycles. The normalized spacial score (nSPS) is 9.50. The van der Waals surface area contributed by atoms with Crippen molar-refractivity contribution >= 4 is 18.5 Å². The van der Waals surface area contributed by atoms with E-state index in [9.17, 15) is 4.79 Å². The van der Waals surface area contributed by atoms with Crippen LogP contribution in [0.15, 0.2) is 24.3 Å². The Morgan fingerprint density at radius 3 is 2.92 bits per heavy atom. The lowest BCUT2D eigenvalue weighted by molar-refractivity contribution is 0.0963. The minimum absolute atomic E-state index is 0.0568. The highest BCUT2D eigenvalue weighted by Gasteiger charge is 2.01. The molecule has 0 bridgehead atoms. The molecule has 1 aromatic rings. The molecule has 2 nitrogen and oxygen atoms in total. The van der Waals surface area contributed by atoms with Crippen molar-refractivity contribution in [3.8, 4) is 0 Å². The summed E-state index contributed by atoms with van der Waals surface area (Å²) in [5.74, 6) is 0.601. The van der Waals surface area contributed by atoms with Gasteiger partial charge in [-0.15, -0.1) is 0 Å². The van der Waals surface area contributed by atoms with Crippen molar-refractivity contribution in [2.75, 3.05) is 7.05 Å². The van der Waals surface area contributed by atoms with E-state index in [1.165, 1.54) is 0 Å². The van der Waals surface area contributed by atoms with E-state index in [1.807, 2.05) is 18.2 Å². The molecule has 1 amide bonds. The number of hydrogen-bond donors (Lipinski definition) is 2. The van der Waals surface area contributed by atoms with Crippen molar-refractivity contribution in [3.05, 3.63) is 35.4 Å². The third kappa shape index (κ3) is 2.01. The molecule has 0 spiro atoms. The van der Waals surface area contributed by atoms with Crippen LogP contribution in [0.2, 0.25) is 0 Å². The number of rotatable bonds is 2.